The maximum atomic E-state index is 10.4. The molecule has 0 radical (unpaired) electrons. The highest BCUT2D eigenvalue weighted by molar-refractivity contribution is 5.85. The van der Waals surface area contributed by atoms with E-state index in [0.717, 1.165) is 12.8 Å². The fourth-order valence-electron chi connectivity index (χ4n) is 0.913. The Morgan fingerprint density at radius 2 is 2.18 bits per heavy atom. The summed E-state index contributed by atoms with van der Waals surface area (Å²) in [4.78, 5) is 19.2. The number of nitrogens with zero attached hydrogens (tertiary/aromatic N) is 1. The van der Waals surface area contributed by atoms with Gasteiger partial charge < -0.3 is 10.8 Å². The van der Waals surface area contributed by atoms with E-state index < -0.39 is 12.0 Å². The Bertz CT molecular complexity index is 206. The highest BCUT2D eigenvalue weighted by Gasteiger charge is 2.09. The molecule has 0 rings (SSSR count). The third-order valence-electron chi connectivity index (χ3n) is 1.74. The van der Waals surface area contributed by atoms with E-state index in [1.165, 1.54) is 6.34 Å². The van der Waals surface area contributed by atoms with Crippen LogP contribution in [-0.4, -0.2) is 36.6 Å². The lowest BCUT2D eigenvalue weighted by Crippen LogP contribution is -2.29. The first kappa shape index (κ1) is 21.7. The minimum atomic E-state index is -0.948. The van der Waals surface area contributed by atoms with Crippen LogP contribution in [0.25, 0.3) is 0 Å². The van der Waals surface area contributed by atoms with Crippen molar-refractivity contribution in [3.8, 4) is 0 Å². The van der Waals surface area contributed by atoms with Gasteiger partial charge in [-0.3, -0.25) is 20.1 Å². The molecule has 0 amide bonds. The van der Waals surface area contributed by atoms with Crippen molar-refractivity contribution in [1.29, 1.82) is 0 Å². The van der Waals surface area contributed by atoms with E-state index in [9.17, 15) is 4.79 Å². The van der Waals surface area contributed by atoms with Crippen molar-refractivity contribution in [2.75, 3.05) is 13.2 Å². The summed E-state index contributed by atoms with van der Waals surface area (Å²) in [5, 5.41) is 8.50. The number of halogens is 2. The fraction of sp³-hybridized carbons (Fsp3) is 0.778. The Kier molecular flexibility index (Phi) is 19.7. The largest absolute Gasteiger partial charge is 0.480 e. The molecule has 4 N–H and O–H groups in total. The van der Waals surface area contributed by atoms with Crippen LogP contribution >= 0.6 is 24.8 Å². The standard InChI is InChI=1S/C9H19N3O3.2ClH/c1-2-15-12-7-11-6-4-3-5-8(10)9(13)14;;/h7-8H,2-6,10H2,1H3,(H,11,12)(H,13,14);2*1H/t8-;;/m0../s1. The molecule has 0 saturated heterocycles. The number of rotatable bonds is 9. The number of aliphatic carboxylic acids is 1. The molecule has 1 atom stereocenters. The average molecular weight is 290 g/mol. The number of hydrogen-bond donors (Lipinski definition) is 3. The Balaban J connectivity index is -0.000000980. The van der Waals surface area contributed by atoms with Crippen LogP contribution in [0.3, 0.4) is 0 Å². The van der Waals surface area contributed by atoms with E-state index in [2.05, 4.69) is 10.5 Å². The molecule has 0 fully saturated rings. The second-order valence-electron chi connectivity index (χ2n) is 3.03. The summed E-state index contributed by atoms with van der Waals surface area (Å²) in [6.45, 7) is 3.10. The van der Waals surface area contributed by atoms with E-state index in [4.69, 9.17) is 15.7 Å². The number of nitrogens with one attached hydrogen (secondary N) is 1. The molecule has 0 aliphatic carbocycles. The molecule has 0 aliphatic heterocycles. The van der Waals surface area contributed by atoms with Crippen LogP contribution in [0.15, 0.2) is 4.99 Å². The smallest absolute Gasteiger partial charge is 0.320 e. The number of aliphatic imine (C=N–C) groups is 1. The number of hydrogen-bond acceptors (Lipinski definition) is 4. The molecular weight excluding hydrogens is 269 g/mol. The van der Waals surface area contributed by atoms with Crippen LogP contribution in [0.4, 0.5) is 0 Å². The number of nitrogens with two attached hydrogens (primary N) is 1. The van der Waals surface area contributed by atoms with Gasteiger partial charge in [0, 0.05) is 6.54 Å². The van der Waals surface area contributed by atoms with E-state index in [0.29, 0.717) is 19.6 Å². The van der Waals surface area contributed by atoms with Gasteiger partial charge in [0.25, 0.3) is 0 Å². The SMILES string of the molecule is CCONC=NCCCC[C@H](N)C(=O)O.Cl.Cl. The first-order chi connectivity index (χ1) is 7.18. The van der Waals surface area contributed by atoms with Gasteiger partial charge in [-0.15, -0.1) is 24.8 Å². The summed E-state index contributed by atoms with van der Waals surface area (Å²) in [7, 11) is 0. The van der Waals surface area contributed by atoms with Crippen molar-refractivity contribution in [3.05, 3.63) is 0 Å². The normalized spacial score (nSPS) is 11.4. The van der Waals surface area contributed by atoms with Gasteiger partial charge in [-0.25, -0.2) is 0 Å². The minimum Gasteiger partial charge on any atom is -0.480 e. The third kappa shape index (κ3) is 15.4. The summed E-state index contributed by atoms with van der Waals surface area (Å²) >= 11 is 0. The lowest BCUT2D eigenvalue weighted by molar-refractivity contribution is -0.138. The predicted octanol–water partition coefficient (Wildman–Crippen LogP) is 0.982. The van der Waals surface area contributed by atoms with Crippen molar-refractivity contribution in [2.45, 2.75) is 32.2 Å². The quantitative estimate of drug-likeness (QED) is 0.254. The van der Waals surface area contributed by atoms with Crippen LogP contribution in [-0.2, 0) is 9.63 Å². The lowest BCUT2D eigenvalue weighted by atomic mass is 10.1. The molecule has 0 saturated carbocycles. The zero-order valence-electron chi connectivity index (χ0n) is 9.80. The molecule has 6 nitrogen and oxygen atoms in total. The van der Waals surface area contributed by atoms with Crippen molar-refractivity contribution in [1.82, 2.24) is 5.48 Å². The topological polar surface area (TPSA) is 96.9 Å². The number of carboxylic acids is 1. The molecule has 0 aromatic carbocycles. The highest BCUT2D eigenvalue weighted by atomic mass is 35.5. The van der Waals surface area contributed by atoms with Crippen molar-refractivity contribution in [2.24, 2.45) is 10.7 Å². The maximum Gasteiger partial charge on any atom is 0.320 e. The molecule has 0 aliphatic rings. The van der Waals surface area contributed by atoms with Crippen molar-refractivity contribution < 1.29 is 14.7 Å². The summed E-state index contributed by atoms with van der Waals surface area (Å²) in [5.74, 6) is -0.948. The first-order valence-corrected chi connectivity index (χ1v) is 5.02. The number of hydroxylamine groups is 1. The van der Waals surface area contributed by atoms with E-state index in [1.54, 1.807) is 0 Å². The van der Waals surface area contributed by atoms with Crippen LogP contribution in [0.1, 0.15) is 26.2 Å². The molecule has 0 heterocycles. The molecule has 104 valence electrons. The molecule has 8 heteroatoms. The number of carbonyl (C=O) groups is 1. The van der Waals surface area contributed by atoms with Gasteiger partial charge in [-0.1, -0.05) is 0 Å². The van der Waals surface area contributed by atoms with Gasteiger partial charge in [-0.05, 0) is 26.2 Å². The molecule has 0 aromatic rings. The fourth-order valence-corrected chi connectivity index (χ4v) is 0.913. The number of unbranched alkanes of at least 4 members (excludes halogenated alkanes) is 1. The zero-order chi connectivity index (χ0) is 11.5. The molecule has 0 spiro atoms. The number of carboxylic acid groups (broad SMARTS) is 1. The van der Waals surface area contributed by atoms with Crippen LogP contribution in [0.5, 0.6) is 0 Å². The van der Waals surface area contributed by atoms with E-state index in [1.807, 2.05) is 6.92 Å². The monoisotopic (exact) mass is 289 g/mol. The van der Waals surface area contributed by atoms with Gasteiger partial charge >= 0.3 is 5.97 Å². The van der Waals surface area contributed by atoms with Crippen LogP contribution in [0.2, 0.25) is 0 Å². The predicted molar refractivity (Wildman–Crippen MR) is 72.1 cm³/mol. The van der Waals surface area contributed by atoms with Crippen molar-refractivity contribution >= 4 is 37.1 Å². The van der Waals surface area contributed by atoms with E-state index in [-0.39, 0.29) is 24.8 Å². The summed E-state index contributed by atoms with van der Waals surface area (Å²) in [6.07, 6.45) is 3.56. The van der Waals surface area contributed by atoms with Gasteiger partial charge in [0.1, 0.15) is 12.4 Å². The highest BCUT2D eigenvalue weighted by Crippen LogP contribution is 1.98. The average Bonchev–Trinajstić information content (AvgIpc) is 2.21. The van der Waals surface area contributed by atoms with E-state index >= 15 is 0 Å². The lowest BCUT2D eigenvalue weighted by Gasteiger charge is -2.04. The Morgan fingerprint density at radius 1 is 1.53 bits per heavy atom. The third-order valence-corrected chi connectivity index (χ3v) is 1.74. The molecule has 0 bridgehead atoms. The second-order valence-corrected chi connectivity index (χ2v) is 3.03. The Morgan fingerprint density at radius 3 is 2.71 bits per heavy atom. The zero-order valence-corrected chi connectivity index (χ0v) is 11.4. The minimum absolute atomic E-state index is 0. The molecular formula is C9H21Cl2N3O3. The maximum absolute atomic E-state index is 10.4. The first-order valence-electron chi connectivity index (χ1n) is 5.02. The molecule has 17 heavy (non-hydrogen) atoms. The van der Waals surface area contributed by atoms with Gasteiger partial charge in [0.2, 0.25) is 0 Å². The molecule has 0 unspecified atom stereocenters. The molecule has 0 aromatic heterocycles. The van der Waals surface area contributed by atoms with Gasteiger partial charge in [0.15, 0.2) is 0 Å². The van der Waals surface area contributed by atoms with Gasteiger partial charge in [0.05, 0.1) is 6.61 Å². The van der Waals surface area contributed by atoms with Crippen LogP contribution in [0, 0.1) is 0 Å². The summed E-state index contributed by atoms with van der Waals surface area (Å²) < 4.78 is 0. The van der Waals surface area contributed by atoms with Crippen molar-refractivity contribution in [3.63, 3.8) is 0 Å². The Labute approximate surface area is 114 Å². The summed E-state index contributed by atoms with van der Waals surface area (Å²) in [6, 6.07) is -0.754. The summed E-state index contributed by atoms with van der Waals surface area (Å²) in [5.41, 5.74) is 7.87. The Hall–Kier alpha value is -0.560. The van der Waals surface area contributed by atoms with Gasteiger partial charge in [-0.2, -0.15) is 0 Å². The van der Waals surface area contributed by atoms with Crippen LogP contribution < -0.4 is 11.2 Å². The second kappa shape index (κ2) is 15.4.